The molecule has 0 aromatic heterocycles. The molecule has 0 bridgehead atoms. The second kappa shape index (κ2) is 9.13. The van der Waals surface area contributed by atoms with E-state index < -0.39 is 11.5 Å². The molecule has 0 heterocycles. The Morgan fingerprint density at radius 1 is 1.04 bits per heavy atom. The molecule has 27 heavy (non-hydrogen) atoms. The minimum atomic E-state index is -4.33. The van der Waals surface area contributed by atoms with Crippen LogP contribution in [0, 0.1) is 0 Å². The third-order valence-electron chi connectivity index (χ3n) is 3.23. The summed E-state index contributed by atoms with van der Waals surface area (Å²) in [6.45, 7) is 0.279. The number of carbonyl (C=O) groups excluding carboxylic acids is 2. The van der Waals surface area contributed by atoms with Crippen molar-refractivity contribution in [3.05, 3.63) is 65.7 Å². The molecule has 0 saturated heterocycles. The Balaban J connectivity index is 1.83. The highest BCUT2D eigenvalue weighted by atomic mass is 32.2. The summed E-state index contributed by atoms with van der Waals surface area (Å²) < 4.78 is 36.8. The second-order valence-corrected chi connectivity index (χ2v) is 6.49. The molecule has 9 heteroatoms. The first-order valence-corrected chi connectivity index (χ1v) is 8.50. The van der Waals surface area contributed by atoms with E-state index in [2.05, 4.69) is 10.6 Å². The molecule has 0 unspecified atom stereocenters. The number of thioether (sulfide) groups is 1. The van der Waals surface area contributed by atoms with Gasteiger partial charge in [0, 0.05) is 23.2 Å². The molecule has 0 radical (unpaired) electrons. The van der Waals surface area contributed by atoms with Crippen LogP contribution < -0.4 is 16.4 Å². The molecule has 142 valence electrons. The van der Waals surface area contributed by atoms with Crippen LogP contribution >= 0.6 is 11.8 Å². The molecule has 0 aliphatic heterocycles. The largest absolute Gasteiger partial charge is 0.446 e. The zero-order chi connectivity index (χ0) is 19.9. The lowest BCUT2D eigenvalue weighted by Crippen LogP contribution is -2.20. The van der Waals surface area contributed by atoms with Crippen molar-refractivity contribution < 1.29 is 22.8 Å². The SMILES string of the molecule is NC(=O)Nc1ccc(CNC(=O)/C=C/c2ccc(SC(F)(F)F)cc2)cc1. The number of halogens is 3. The number of nitrogens with one attached hydrogen (secondary N) is 2. The molecule has 2 aromatic rings. The zero-order valence-electron chi connectivity index (χ0n) is 13.9. The summed E-state index contributed by atoms with van der Waals surface area (Å²) in [5.41, 5.74) is 2.66. The maximum absolute atomic E-state index is 12.3. The van der Waals surface area contributed by atoms with Gasteiger partial charge in [0.2, 0.25) is 5.91 Å². The predicted octanol–water partition coefficient (Wildman–Crippen LogP) is 4.12. The van der Waals surface area contributed by atoms with Gasteiger partial charge < -0.3 is 16.4 Å². The van der Waals surface area contributed by atoms with Crippen LogP contribution in [0.4, 0.5) is 23.7 Å². The van der Waals surface area contributed by atoms with E-state index in [-0.39, 0.29) is 29.1 Å². The fraction of sp³-hybridized carbons (Fsp3) is 0.111. The number of anilines is 1. The van der Waals surface area contributed by atoms with Gasteiger partial charge in [-0.05, 0) is 53.2 Å². The fourth-order valence-corrected chi connectivity index (χ4v) is 2.59. The summed E-state index contributed by atoms with van der Waals surface area (Å²) in [6.07, 6.45) is 2.81. The van der Waals surface area contributed by atoms with Gasteiger partial charge in [-0.1, -0.05) is 24.3 Å². The molecule has 3 amide bonds. The summed E-state index contributed by atoms with van der Waals surface area (Å²) in [6, 6.07) is 11.8. The number of hydrogen-bond donors (Lipinski definition) is 3. The summed E-state index contributed by atoms with van der Waals surface area (Å²) in [7, 11) is 0. The maximum atomic E-state index is 12.3. The van der Waals surface area contributed by atoms with E-state index in [1.807, 2.05) is 0 Å². The van der Waals surface area contributed by atoms with Gasteiger partial charge in [-0.15, -0.1) is 0 Å². The Bertz CT molecular complexity index is 819. The predicted molar refractivity (Wildman–Crippen MR) is 98.9 cm³/mol. The maximum Gasteiger partial charge on any atom is 0.446 e. The number of benzene rings is 2. The molecule has 0 aliphatic carbocycles. The van der Waals surface area contributed by atoms with Crippen LogP contribution in [0.2, 0.25) is 0 Å². The fourth-order valence-electron chi connectivity index (χ4n) is 2.05. The molecule has 0 aliphatic rings. The minimum absolute atomic E-state index is 0.0818. The number of rotatable bonds is 6. The summed E-state index contributed by atoms with van der Waals surface area (Å²) in [5, 5.41) is 5.11. The highest BCUT2D eigenvalue weighted by Gasteiger charge is 2.28. The molecule has 0 fully saturated rings. The van der Waals surface area contributed by atoms with Crippen LogP contribution in [0.1, 0.15) is 11.1 Å². The molecule has 2 aromatic carbocycles. The van der Waals surface area contributed by atoms with Gasteiger partial charge in [0.1, 0.15) is 0 Å². The van der Waals surface area contributed by atoms with Crippen LogP contribution in [0.5, 0.6) is 0 Å². The topological polar surface area (TPSA) is 84.2 Å². The van der Waals surface area contributed by atoms with E-state index in [0.717, 1.165) is 5.56 Å². The van der Waals surface area contributed by atoms with E-state index in [4.69, 9.17) is 5.73 Å². The van der Waals surface area contributed by atoms with Gasteiger partial charge in [0.05, 0.1) is 0 Å². The van der Waals surface area contributed by atoms with E-state index in [0.29, 0.717) is 11.3 Å². The quantitative estimate of drug-likeness (QED) is 0.508. The highest BCUT2D eigenvalue weighted by Crippen LogP contribution is 2.36. The van der Waals surface area contributed by atoms with Gasteiger partial charge in [-0.25, -0.2) is 4.79 Å². The van der Waals surface area contributed by atoms with E-state index in [1.54, 1.807) is 24.3 Å². The van der Waals surface area contributed by atoms with Crippen molar-refractivity contribution in [2.24, 2.45) is 5.73 Å². The molecule has 0 saturated carbocycles. The van der Waals surface area contributed by atoms with Crippen molar-refractivity contribution >= 4 is 35.5 Å². The standard InChI is InChI=1S/C18H16F3N3O2S/c19-18(20,21)27-15-8-3-12(4-9-15)5-10-16(25)23-11-13-1-6-14(7-2-13)24-17(22)26/h1-10H,11H2,(H,23,25)(H3,22,24,26)/b10-5+. The van der Waals surface area contributed by atoms with Crippen molar-refractivity contribution in [1.82, 2.24) is 5.32 Å². The van der Waals surface area contributed by atoms with E-state index >= 15 is 0 Å². The van der Waals surface area contributed by atoms with E-state index in [9.17, 15) is 22.8 Å². The lowest BCUT2D eigenvalue weighted by atomic mass is 10.2. The smallest absolute Gasteiger partial charge is 0.351 e. The van der Waals surface area contributed by atoms with Gasteiger partial charge in [-0.3, -0.25) is 4.79 Å². The number of urea groups is 1. The average molecular weight is 395 g/mol. The van der Waals surface area contributed by atoms with Crippen molar-refractivity contribution in [1.29, 1.82) is 0 Å². The number of amides is 3. The lowest BCUT2D eigenvalue weighted by Gasteiger charge is -2.06. The van der Waals surface area contributed by atoms with E-state index in [1.165, 1.54) is 36.4 Å². The minimum Gasteiger partial charge on any atom is -0.351 e. The van der Waals surface area contributed by atoms with Crippen molar-refractivity contribution in [2.45, 2.75) is 16.9 Å². The van der Waals surface area contributed by atoms with Gasteiger partial charge in [-0.2, -0.15) is 13.2 Å². The first kappa shape index (κ1) is 20.4. The van der Waals surface area contributed by atoms with Gasteiger partial charge in [0.15, 0.2) is 0 Å². The third-order valence-corrected chi connectivity index (χ3v) is 3.97. The van der Waals surface area contributed by atoms with Crippen molar-refractivity contribution in [3.8, 4) is 0 Å². The zero-order valence-corrected chi connectivity index (χ0v) is 14.7. The van der Waals surface area contributed by atoms with Crippen molar-refractivity contribution in [3.63, 3.8) is 0 Å². The molecular formula is C18H16F3N3O2S. The van der Waals surface area contributed by atoms with Crippen LogP contribution in [-0.2, 0) is 11.3 Å². The number of nitrogens with two attached hydrogens (primary N) is 1. The summed E-state index contributed by atoms with van der Waals surface area (Å²) in [4.78, 5) is 22.6. The Hall–Kier alpha value is -2.94. The van der Waals surface area contributed by atoms with Crippen LogP contribution in [0.3, 0.4) is 0 Å². The number of primary amides is 1. The van der Waals surface area contributed by atoms with Gasteiger partial charge >= 0.3 is 11.5 Å². The number of carbonyl (C=O) groups is 2. The lowest BCUT2D eigenvalue weighted by molar-refractivity contribution is -0.116. The van der Waals surface area contributed by atoms with Crippen molar-refractivity contribution in [2.75, 3.05) is 5.32 Å². The monoisotopic (exact) mass is 395 g/mol. The molecule has 0 atom stereocenters. The molecule has 2 rings (SSSR count). The van der Waals surface area contributed by atoms with Crippen LogP contribution in [0.25, 0.3) is 6.08 Å². The third kappa shape index (κ3) is 7.87. The normalized spacial score (nSPS) is 11.4. The number of alkyl halides is 3. The molecule has 4 N–H and O–H groups in total. The second-order valence-electron chi connectivity index (χ2n) is 5.35. The van der Waals surface area contributed by atoms with Crippen LogP contribution in [0.15, 0.2) is 59.5 Å². The molecule has 0 spiro atoms. The average Bonchev–Trinajstić information content (AvgIpc) is 2.59. The highest BCUT2D eigenvalue weighted by molar-refractivity contribution is 8.00. The Labute approximate surface area is 157 Å². The Morgan fingerprint density at radius 3 is 2.22 bits per heavy atom. The number of hydrogen-bond acceptors (Lipinski definition) is 3. The molecule has 5 nitrogen and oxygen atoms in total. The Morgan fingerprint density at radius 2 is 1.67 bits per heavy atom. The molecular weight excluding hydrogens is 379 g/mol. The summed E-state index contributed by atoms with van der Waals surface area (Å²) in [5.74, 6) is -0.344. The van der Waals surface area contributed by atoms with Gasteiger partial charge in [0.25, 0.3) is 0 Å². The van der Waals surface area contributed by atoms with Crippen LogP contribution in [-0.4, -0.2) is 17.4 Å². The summed E-state index contributed by atoms with van der Waals surface area (Å²) >= 11 is -0.190. The first-order chi connectivity index (χ1) is 12.7. The first-order valence-electron chi connectivity index (χ1n) is 7.68. The Kier molecular flexibility index (Phi) is 6.89.